The van der Waals surface area contributed by atoms with Crippen LogP contribution >= 0.6 is 12.2 Å². The van der Waals surface area contributed by atoms with Crippen molar-refractivity contribution in [3.63, 3.8) is 0 Å². The Bertz CT molecular complexity index is 615. The molecule has 0 saturated heterocycles. The molecule has 1 heterocycles. The van der Waals surface area contributed by atoms with Gasteiger partial charge in [0.15, 0.2) is 5.11 Å². The molecule has 0 spiro atoms. The van der Waals surface area contributed by atoms with E-state index in [1.165, 1.54) is 0 Å². The number of aromatic nitrogens is 2. The Morgan fingerprint density at radius 1 is 1.37 bits per heavy atom. The van der Waals surface area contributed by atoms with E-state index in [1.54, 1.807) is 6.20 Å². The monoisotopic (exact) mass is 273 g/mol. The number of benzene rings is 1. The van der Waals surface area contributed by atoms with Crippen LogP contribution < -0.4 is 11.2 Å². The topological polar surface area (TPSA) is 68.2 Å². The van der Waals surface area contributed by atoms with Crippen molar-refractivity contribution in [3.8, 4) is 5.69 Å². The summed E-state index contributed by atoms with van der Waals surface area (Å²) >= 11 is 4.72. The summed E-state index contributed by atoms with van der Waals surface area (Å²) in [6.07, 6.45) is 1.78. The van der Waals surface area contributed by atoms with Crippen LogP contribution in [0.2, 0.25) is 0 Å². The highest BCUT2D eigenvalue weighted by molar-refractivity contribution is 7.80. The first-order valence-corrected chi connectivity index (χ1v) is 6.20. The number of nitrogens with one attached hydrogen (secondary N) is 1. The molecule has 0 saturated carbocycles. The van der Waals surface area contributed by atoms with Crippen LogP contribution in [0.15, 0.2) is 41.6 Å². The highest BCUT2D eigenvalue weighted by atomic mass is 32.1. The number of thiocarbonyl (C=S) groups is 1. The maximum Gasteiger partial charge on any atom is 0.184 e. The lowest BCUT2D eigenvalue weighted by Crippen LogP contribution is -2.25. The molecule has 5 nitrogen and oxygen atoms in total. The second-order valence-corrected chi connectivity index (χ2v) is 4.50. The maximum atomic E-state index is 5.35. The van der Waals surface area contributed by atoms with Gasteiger partial charge in [-0.2, -0.15) is 10.2 Å². The quantitative estimate of drug-likeness (QED) is 0.508. The molecule has 1 aromatic heterocycles. The predicted octanol–water partition coefficient (Wildman–Crippen LogP) is 1.74. The zero-order chi connectivity index (χ0) is 13.8. The van der Waals surface area contributed by atoms with Gasteiger partial charge in [0.1, 0.15) is 0 Å². The SMILES string of the molecule is C/C(=N\NC(N)=S)c1cnn(-c2ccccc2)c1C. The van der Waals surface area contributed by atoms with E-state index < -0.39 is 0 Å². The number of hydrazone groups is 1. The molecule has 0 bridgehead atoms. The zero-order valence-electron chi connectivity index (χ0n) is 10.8. The first kappa shape index (κ1) is 13.2. The lowest BCUT2D eigenvalue weighted by Gasteiger charge is -2.05. The van der Waals surface area contributed by atoms with Gasteiger partial charge in [-0.1, -0.05) is 18.2 Å². The number of hydrogen-bond acceptors (Lipinski definition) is 3. The molecule has 2 aromatic rings. The van der Waals surface area contributed by atoms with Gasteiger partial charge in [-0.15, -0.1) is 0 Å². The van der Waals surface area contributed by atoms with Crippen LogP contribution in [-0.4, -0.2) is 20.6 Å². The van der Waals surface area contributed by atoms with Crippen molar-refractivity contribution < 1.29 is 0 Å². The van der Waals surface area contributed by atoms with Crippen LogP contribution in [0.5, 0.6) is 0 Å². The Hall–Kier alpha value is -2.21. The van der Waals surface area contributed by atoms with Crippen molar-refractivity contribution in [3.05, 3.63) is 47.8 Å². The Labute approximate surface area is 117 Å². The number of para-hydroxylation sites is 1. The molecule has 6 heteroatoms. The summed E-state index contributed by atoms with van der Waals surface area (Å²) in [6, 6.07) is 9.94. The van der Waals surface area contributed by atoms with Crippen molar-refractivity contribution in [1.82, 2.24) is 15.2 Å². The van der Waals surface area contributed by atoms with E-state index in [0.717, 1.165) is 22.7 Å². The first-order chi connectivity index (χ1) is 9.09. The zero-order valence-corrected chi connectivity index (χ0v) is 11.6. The fourth-order valence-corrected chi connectivity index (χ4v) is 1.84. The molecule has 0 radical (unpaired) electrons. The van der Waals surface area contributed by atoms with Crippen molar-refractivity contribution in [1.29, 1.82) is 0 Å². The Morgan fingerprint density at radius 2 is 2.05 bits per heavy atom. The molecule has 2 rings (SSSR count). The van der Waals surface area contributed by atoms with Crippen molar-refractivity contribution in [2.45, 2.75) is 13.8 Å². The number of hydrogen-bond donors (Lipinski definition) is 2. The highest BCUT2D eigenvalue weighted by Gasteiger charge is 2.10. The van der Waals surface area contributed by atoms with E-state index in [0.29, 0.717) is 0 Å². The van der Waals surface area contributed by atoms with Crippen LogP contribution in [0.25, 0.3) is 5.69 Å². The maximum absolute atomic E-state index is 5.35. The minimum absolute atomic E-state index is 0.146. The van der Waals surface area contributed by atoms with Gasteiger partial charge in [0, 0.05) is 5.56 Å². The summed E-state index contributed by atoms with van der Waals surface area (Å²) in [7, 11) is 0. The third-order valence-electron chi connectivity index (χ3n) is 2.73. The molecule has 0 atom stereocenters. The van der Waals surface area contributed by atoms with E-state index in [1.807, 2.05) is 48.9 Å². The molecule has 0 aliphatic heterocycles. The molecule has 1 aromatic carbocycles. The molecule has 0 aliphatic carbocycles. The van der Waals surface area contributed by atoms with Crippen LogP contribution in [-0.2, 0) is 0 Å². The van der Waals surface area contributed by atoms with E-state index in [4.69, 9.17) is 18.0 Å². The van der Waals surface area contributed by atoms with E-state index in [2.05, 4.69) is 15.6 Å². The van der Waals surface area contributed by atoms with Gasteiger partial charge in [-0.3, -0.25) is 5.43 Å². The molecule has 3 N–H and O–H groups in total. The average Bonchev–Trinajstić information content (AvgIpc) is 2.79. The van der Waals surface area contributed by atoms with Crippen LogP contribution in [0.3, 0.4) is 0 Å². The van der Waals surface area contributed by atoms with Crippen LogP contribution in [0.1, 0.15) is 18.2 Å². The van der Waals surface area contributed by atoms with E-state index in [-0.39, 0.29) is 5.11 Å². The third kappa shape index (κ3) is 2.97. The van der Waals surface area contributed by atoms with E-state index >= 15 is 0 Å². The van der Waals surface area contributed by atoms with Gasteiger partial charge >= 0.3 is 0 Å². The minimum atomic E-state index is 0.146. The number of nitrogens with two attached hydrogens (primary N) is 1. The van der Waals surface area contributed by atoms with Gasteiger partial charge in [-0.05, 0) is 38.2 Å². The molecule has 0 unspecified atom stereocenters. The lowest BCUT2D eigenvalue weighted by molar-refractivity contribution is 0.847. The summed E-state index contributed by atoms with van der Waals surface area (Å²) in [5.41, 5.74) is 11.7. The van der Waals surface area contributed by atoms with Crippen molar-refractivity contribution in [2.24, 2.45) is 10.8 Å². The predicted molar refractivity (Wildman–Crippen MR) is 80.4 cm³/mol. The molecule has 19 heavy (non-hydrogen) atoms. The van der Waals surface area contributed by atoms with Gasteiger partial charge < -0.3 is 5.73 Å². The van der Waals surface area contributed by atoms with Gasteiger partial charge in [0.25, 0.3) is 0 Å². The first-order valence-electron chi connectivity index (χ1n) is 5.79. The largest absolute Gasteiger partial charge is 0.375 e. The molecule has 0 aliphatic rings. The van der Waals surface area contributed by atoms with Gasteiger partial charge in [0.2, 0.25) is 0 Å². The second kappa shape index (κ2) is 5.62. The van der Waals surface area contributed by atoms with Crippen LogP contribution in [0.4, 0.5) is 0 Å². The van der Waals surface area contributed by atoms with Gasteiger partial charge in [0.05, 0.1) is 23.3 Å². The summed E-state index contributed by atoms with van der Waals surface area (Å²) < 4.78 is 1.87. The molecule has 98 valence electrons. The molecular weight excluding hydrogens is 258 g/mol. The fourth-order valence-electron chi connectivity index (χ4n) is 1.79. The Kier molecular flexibility index (Phi) is 3.91. The van der Waals surface area contributed by atoms with Crippen molar-refractivity contribution >= 4 is 23.0 Å². The third-order valence-corrected chi connectivity index (χ3v) is 2.83. The van der Waals surface area contributed by atoms with E-state index in [9.17, 15) is 0 Å². The number of nitrogens with zero attached hydrogens (tertiary/aromatic N) is 3. The Balaban J connectivity index is 2.33. The fraction of sp³-hybridized carbons (Fsp3) is 0.154. The number of rotatable bonds is 3. The second-order valence-electron chi connectivity index (χ2n) is 4.06. The summed E-state index contributed by atoms with van der Waals surface area (Å²) in [6.45, 7) is 3.87. The standard InChI is InChI=1S/C13H15N5S/c1-9(16-17-13(14)19)12-8-15-18(10(12)2)11-6-4-3-5-7-11/h3-8H,1-2H3,(H3,14,17,19)/b16-9+. The smallest absolute Gasteiger partial charge is 0.184 e. The highest BCUT2D eigenvalue weighted by Crippen LogP contribution is 2.14. The van der Waals surface area contributed by atoms with Gasteiger partial charge in [-0.25, -0.2) is 4.68 Å². The van der Waals surface area contributed by atoms with Crippen LogP contribution in [0, 0.1) is 6.92 Å². The lowest BCUT2D eigenvalue weighted by atomic mass is 10.2. The molecular formula is C13H15N5S. The van der Waals surface area contributed by atoms with Crippen molar-refractivity contribution in [2.75, 3.05) is 0 Å². The molecule has 0 fully saturated rings. The normalized spacial score (nSPS) is 11.4. The minimum Gasteiger partial charge on any atom is -0.375 e. The Morgan fingerprint density at radius 3 is 2.68 bits per heavy atom. The summed E-state index contributed by atoms with van der Waals surface area (Å²) in [5, 5.41) is 8.63. The molecule has 0 amide bonds. The summed E-state index contributed by atoms with van der Waals surface area (Å²) in [5.74, 6) is 0. The summed E-state index contributed by atoms with van der Waals surface area (Å²) in [4.78, 5) is 0. The average molecular weight is 273 g/mol.